The Kier molecular flexibility index (Phi) is 5.88. The summed E-state index contributed by atoms with van der Waals surface area (Å²) in [7, 11) is 0. The van der Waals surface area contributed by atoms with Crippen LogP contribution in [-0.4, -0.2) is 24.0 Å². The molecule has 1 fully saturated rings. The second-order valence-corrected chi connectivity index (χ2v) is 7.43. The first-order valence-corrected chi connectivity index (χ1v) is 8.48. The summed E-state index contributed by atoms with van der Waals surface area (Å²) in [5, 5.41) is 3.57. The fourth-order valence-corrected chi connectivity index (χ4v) is 2.84. The Morgan fingerprint density at radius 1 is 1.19 bits per heavy atom. The van der Waals surface area contributed by atoms with Crippen molar-refractivity contribution in [1.29, 1.82) is 0 Å². The molecule has 0 bridgehead atoms. The van der Waals surface area contributed by atoms with E-state index in [1.807, 2.05) is 0 Å². The third-order valence-electron chi connectivity index (χ3n) is 3.86. The summed E-state index contributed by atoms with van der Waals surface area (Å²) in [6.07, 6.45) is 2.67. The van der Waals surface area contributed by atoms with E-state index in [4.69, 9.17) is 4.42 Å². The topological polar surface area (TPSA) is 28.4 Å². The van der Waals surface area contributed by atoms with Crippen molar-refractivity contribution in [2.45, 2.75) is 66.6 Å². The highest BCUT2D eigenvalue weighted by Gasteiger charge is 2.21. The van der Waals surface area contributed by atoms with Gasteiger partial charge < -0.3 is 9.73 Å². The predicted molar refractivity (Wildman–Crippen MR) is 88.3 cm³/mol. The highest BCUT2D eigenvalue weighted by Crippen LogP contribution is 2.22. The number of rotatable bonds is 9. The molecule has 1 aliphatic carbocycles. The van der Waals surface area contributed by atoms with Crippen molar-refractivity contribution in [2.24, 2.45) is 11.8 Å². The number of hydrogen-bond donors (Lipinski definition) is 1. The summed E-state index contributed by atoms with van der Waals surface area (Å²) in [5.74, 6) is 3.57. The van der Waals surface area contributed by atoms with Gasteiger partial charge in [0, 0.05) is 31.2 Å². The minimum Gasteiger partial charge on any atom is -0.465 e. The van der Waals surface area contributed by atoms with E-state index in [2.05, 4.69) is 50.9 Å². The summed E-state index contributed by atoms with van der Waals surface area (Å²) in [6.45, 7) is 15.4. The molecule has 21 heavy (non-hydrogen) atoms. The van der Waals surface area contributed by atoms with E-state index in [9.17, 15) is 0 Å². The lowest BCUT2D eigenvalue weighted by atomic mass is 10.1. The van der Waals surface area contributed by atoms with Crippen LogP contribution in [0.4, 0.5) is 0 Å². The fourth-order valence-electron chi connectivity index (χ4n) is 2.84. The summed E-state index contributed by atoms with van der Waals surface area (Å²) in [6, 6.07) is 3.00. The van der Waals surface area contributed by atoms with Crippen LogP contribution in [0.25, 0.3) is 0 Å². The van der Waals surface area contributed by atoms with Gasteiger partial charge in [-0.3, -0.25) is 4.90 Å². The molecule has 1 aromatic heterocycles. The fraction of sp³-hybridized carbons (Fsp3) is 0.778. The lowest BCUT2D eigenvalue weighted by Crippen LogP contribution is -2.30. The van der Waals surface area contributed by atoms with Gasteiger partial charge in [-0.15, -0.1) is 0 Å². The quantitative estimate of drug-likeness (QED) is 0.747. The maximum Gasteiger partial charge on any atom is 0.118 e. The number of nitrogens with one attached hydrogen (secondary N) is 1. The zero-order chi connectivity index (χ0) is 15.4. The van der Waals surface area contributed by atoms with Gasteiger partial charge in [-0.1, -0.05) is 27.7 Å². The molecular formula is C18H32N2O. The lowest BCUT2D eigenvalue weighted by Gasteiger charge is -2.25. The summed E-state index contributed by atoms with van der Waals surface area (Å²) in [4.78, 5) is 2.52. The van der Waals surface area contributed by atoms with E-state index < -0.39 is 0 Å². The molecule has 1 saturated carbocycles. The van der Waals surface area contributed by atoms with Gasteiger partial charge in [-0.25, -0.2) is 0 Å². The van der Waals surface area contributed by atoms with Crippen LogP contribution in [-0.2, 0) is 13.1 Å². The van der Waals surface area contributed by atoms with Gasteiger partial charge in [0.15, 0.2) is 0 Å². The molecule has 0 saturated heterocycles. The van der Waals surface area contributed by atoms with Crippen molar-refractivity contribution in [3.8, 4) is 0 Å². The minimum atomic E-state index is 0.691. The SMILES string of the molecule is Cc1oc(CN(CC(C)C)CC(C)C)cc1CNC1CC1. The average molecular weight is 292 g/mol. The van der Waals surface area contributed by atoms with Crippen LogP contribution in [0.5, 0.6) is 0 Å². The van der Waals surface area contributed by atoms with E-state index >= 15 is 0 Å². The van der Waals surface area contributed by atoms with Crippen molar-refractivity contribution >= 4 is 0 Å². The number of hydrogen-bond acceptors (Lipinski definition) is 3. The van der Waals surface area contributed by atoms with Crippen molar-refractivity contribution < 1.29 is 4.42 Å². The molecule has 1 aromatic rings. The maximum absolute atomic E-state index is 5.98. The summed E-state index contributed by atoms with van der Waals surface area (Å²) >= 11 is 0. The molecule has 120 valence electrons. The first-order chi connectivity index (χ1) is 9.94. The van der Waals surface area contributed by atoms with Crippen LogP contribution >= 0.6 is 0 Å². The van der Waals surface area contributed by atoms with E-state index in [1.54, 1.807) is 0 Å². The Morgan fingerprint density at radius 2 is 1.81 bits per heavy atom. The Morgan fingerprint density at radius 3 is 2.33 bits per heavy atom. The third kappa shape index (κ3) is 5.84. The molecule has 0 spiro atoms. The van der Waals surface area contributed by atoms with Crippen LogP contribution in [0.1, 0.15) is 57.6 Å². The highest BCUT2D eigenvalue weighted by molar-refractivity contribution is 5.21. The normalized spacial score (nSPS) is 15.6. The van der Waals surface area contributed by atoms with Gasteiger partial charge >= 0.3 is 0 Å². The predicted octanol–water partition coefficient (Wildman–Crippen LogP) is 3.95. The molecule has 1 aliphatic rings. The van der Waals surface area contributed by atoms with Gasteiger partial charge in [-0.05, 0) is 37.7 Å². The van der Waals surface area contributed by atoms with E-state index in [1.165, 1.54) is 18.4 Å². The lowest BCUT2D eigenvalue weighted by molar-refractivity contribution is 0.196. The van der Waals surface area contributed by atoms with Crippen molar-refractivity contribution in [2.75, 3.05) is 13.1 Å². The Bertz CT molecular complexity index is 422. The molecular weight excluding hydrogens is 260 g/mol. The number of furan rings is 1. The minimum absolute atomic E-state index is 0.691. The van der Waals surface area contributed by atoms with E-state index in [0.29, 0.717) is 11.8 Å². The second-order valence-electron chi connectivity index (χ2n) is 7.43. The van der Waals surface area contributed by atoms with Gasteiger partial charge in [0.2, 0.25) is 0 Å². The van der Waals surface area contributed by atoms with E-state index in [-0.39, 0.29) is 0 Å². The Hall–Kier alpha value is -0.800. The molecule has 2 rings (SSSR count). The van der Waals surface area contributed by atoms with Crippen molar-refractivity contribution in [3.63, 3.8) is 0 Å². The zero-order valence-electron chi connectivity index (χ0n) is 14.4. The zero-order valence-corrected chi connectivity index (χ0v) is 14.4. The van der Waals surface area contributed by atoms with Crippen molar-refractivity contribution in [3.05, 3.63) is 23.2 Å². The molecule has 0 unspecified atom stereocenters. The summed E-state index contributed by atoms with van der Waals surface area (Å²) in [5.41, 5.74) is 1.32. The number of aryl methyl sites for hydroxylation is 1. The smallest absolute Gasteiger partial charge is 0.118 e. The molecule has 0 aromatic carbocycles. The molecule has 0 atom stereocenters. The maximum atomic E-state index is 5.98. The first kappa shape index (κ1) is 16.6. The van der Waals surface area contributed by atoms with Gasteiger partial charge in [0.1, 0.15) is 11.5 Å². The van der Waals surface area contributed by atoms with Crippen molar-refractivity contribution in [1.82, 2.24) is 10.2 Å². The molecule has 0 aliphatic heterocycles. The van der Waals surface area contributed by atoms with Crippen LogP contribution in [0, 0.1) is 18.8 Å². The Balaban J connectivity index is 1.93. The third-order valence-corrected chi connectivity index (χ3v) is 3.86. The van der Waals surface area contributed by atoms with Gasteiger partial charge in [0.05, 0.1) is 6.54 Å². The Labute approximate surface area is 130 Å². The highest BCUT2D eigenvalue weighted by atomic mass is 16.3. The standard InChI is InChI=1S/C18H32N2O/c1-13(2)10-20(11-14(3)4)12-18-8-16(15(5)21-18)9-19-17-6-7-17/h8,13-14,17,19H,6-7,9-12H2,1-5H3. The van der Waals surface area contributed by atoms with Crippen LogP contribution in [0.15, 0.2) is 10.5 Å². The molecule has 3 heteroatoms. The van der Waals surface area contributed by atoms with Crippen LogP contribution in [0.2, 0.25) is 0 Å². The first-order valence-electron chi connectivity index (χ1n) is 8.48. The molecule has 1 heterocycles. The number of nitrogens with zero attached hydrogens (tertiary/aromatic N) is 1. The summed E-state index contributed by atoms with van der Waals surface area (Å²) < 4.78 is 5.98. The largest absolute Gasteiger partial charge is 0.465 e. The van der Waals surface area contributed by atoms with Crippen LogP contribution < -0.4 is 5.32 Å². The van der Waals surface area contributed by atoms with Crippen LogP contribution in [0.3, 0.4) is 0 Å². The van der Waals surface area contributed by atoms with Gasteiger partial charge in [0.25, 0.3) is 0 Å². The van der Waals surface area contributed by atoms with Gasteiger partial charge in [-0.2, -0.15) is 0 Å². The molecule has 0 radical (unpaired) electrons. The molecule has 1 N–H and O–H groups in total. The molecule has 0 amide bonds. The molecule has 3 nitrogen and oxygen atoms in total. The monoisotopic (exact) mass is 292 g/mol. The van der Waals surface area contributed by atoms with E-state index in [0.717, 1.165) is 43.7 Å². The second kappa shape index (κ2) is 7.46. The average Bonchev–Trinajstić information content (AvgIpc) is 3.10.